The fourth-order valence-corrected chi connectivity index (χ4v) is 2.76. The maximum absolute atomic E-state index is 13.8. The molecule has 0 bridgehead atoms. The zero-order valence-electron chi connectivity index (χ0n) is 14.0. The van der Waals surface area contributed by atoms with Crippen LogP contribution in [0.5, 0.6) is 11.5 Å². The fraction of sp³-hybridized carbons (Fsp3) is 0.333. The fourth-order valence-electron chi connectivity index (χ4n) is 2.26. The van der Waals surface area contributed by atoms with Crippen molar-refractivity contribution < 1.29 is 19.0 Å². The summed E-state index contributed by atoms with van der Waals surface area (Å²) in [7, 11) is 1.50. The van der Waals surface area contributed by atoms with E-state index in [2.05, 4.69) is 5.32 Å². The molecule has 0 amide bonds. The number of hydrogen-bond donors (Lipinski definition) is 2. The second-order valence-corrected chi connectivity index (χ2v) is 6.39. The molecule has 2 rings (SSSR count). The first kappa shape index (κ1) is 19.8. The van der Waals surface area contributed by atoms with Gasteiger partial charge in [0.1, 0.15) is 12.4 Å². The number of halogens is 3. The molecule has 1 unspecified atom stereocenters. The van der Waals surface area contributed by atoms with E-state index in [4.69, 9.17) is 32.7 Å². The molecule has 136 valence electrons. The molecular formula is C18H20Cl2FNO3. The smallest absolute Gasteiger partial charge is 0.180 e. The average molecular weight is 388 g/mol. The van der Waals surface area contributed by atoms with Crippen LogP contribution in [0.4, 0.5) is 4.39 Å². The molecule has 0 aliphatic heterocycles. The summed E-state index contributed by atoms with van der Waals surface area (Å²) in [5.74, 6) is 0.318. The lowest BCUT2D eigenvalue weighted by Crippen LogP contribution is -2.23. The van der Waals surface area contributed by atoms with Gasteiger partial charge in [0.2, 0.25) is 0 Å². The van der Waals surface area contributed by atoms with Gasteiger partial charge in [-0.05, 0) is 36.8 Å². The Balaban J connectivity index is 2.15. The van der Waals surface area contributed by atoms with Gasteiger partial charge in [-0.1, -0.05) is 29.3 Å². The normalized spacial score (nSPS) is 12.1. The molecule has 0 aliphatic carbocycles. The number of benzene rings is 2. The Kier molecular flexibility index (Phi) is 7.32. The number of nitrogens with one attached hydrogen (secondary N) is 1. The third-order valence-electron chi connectivity index (χ3n) is 3.48. The first-order chi connectivity index (χ1) is 11.9. The van der Waals surface area contributed by atoms with Crippen LogP contribution in [-0.4, -0.2) is 24.9 Å². The molecule has 1 atom stereocenters. The summed E-state index contributed by atoms with van der Waals surface area (Å²) >= 11 is 12.3. The molecule has 2 aromatic rings. The molecule has 7 heteroatoms. The van der Waals surface area contributed by atoms with Crippen molar-refractivity contribution in [2.45, 2.75) is 26.2 Å². The Morgan fingerprint density at radius 3 is 2.64 bits per heavy atom. The van der Waals surface area contributed by atoms with Gasteiger partial charge in [0, 0.05) is 18.7 Å². The zero-order chi connectivity index (χ0) is 18.4. The minimum atomic E-state index is -0.443. The van der Waals surface area contributed by atoms with Gasteiger partial charge >= 0.3 is 0 Å². The average Bonchev–Trinajstić information content (AvgIpc) is 2.55. The molecule has 0 aliphatic rings. The van der Waals surface area contributed by atoms with E-state index >= 15 is 0 Å². The predicted molar refractivity (Wildman–Crippen MR) is 97.1 cm³/mol. The monoisotopic (exact) mass is 387 g/mol. The molecule has 2 aromatic carbocycles. The topological polar surface area (TPSA) is 50.7 Å². The first-order valence-corrected chi connectivity index (χ1v) is 8.48. The summed E-state index contributed by atoms with van der Waals surface area (Å²) in [5.41, 5.74) is 1.13. The summed E-state index contributed by atoms with van der Waals surface area (Å²) in [6, 6.07) is 7.96. The van der Waals surface area contributed by atoms with Crippen molar-refractivity contribution in [3.8, 4) is 11.5 Å². The molecule has 25 heavy (non-hydrogen) atoms. The Morgan fingerprint density at radius 1 is 1.24 bits per heavy atom. The number of ether oxygens (including phenoxy) is 2. The highest BCUT2D eigenvalue weighted by Crippen LogP contribution is 2.37. The van der Waals surface area contributed by atoms with E-state index in [1.54, 1.807) is 25.1 Å². The number of aliphatic hydroxyl groups is 1. The summed E-state index contributed by atoms with van der Waals surface area (Å²) in [5, 5.41) is 13.0. The van der Waals surface area contributed by atoms with E-state index in [0.29, 0.717) is 29.6 Å². The summed E-state index contributed by atoms with van der Waals surface area (Å²) < 4.78 is 24.8. The third kappa shape index (κ3) is 5.47. The van der Waals surface area contributed by atoms with E-state index in [9.17, 15) is 9.50 Å². The van der Waals surface area contributed by atoms with Gasteiger partial charge in [0.25, 0.3) is 0 Å². The second kappa shape index (κ2) is 9.25. The van der Waals surface area contributed by atoms with Gasteiger partial charge in [-0.25, -0.2) is 4.39 Å². The largest absolute Gasteiger partial charge is 0.493 e. The van der Waals surface area contributed by atoms with Crippen LogP contribution in [0.2, 0.25) is 10.0 Å². The van der Waals surface area contributed by atoms with E-state index in [1.807, 2.05) is 0 Å². The van der Waals surface area contributed by atoms with Crippen LogP contribution >= 0.6 is 23.2 Å². The van der Waals surface area contributed by atoms with Crippen molar-refractivity contribution in [2.75, 3.05) is 13.7 Å². The molecule has 0 spiro atoms. The number of rotatable bonds is 8. The zero-order valence-corrected chi connectivity index (χ0v) is 15.5. The van der Waals surface area contributed by atoms with Gasteiger partial charge in [-0.3, -0.25) is 0 Å². The molecule has 0 radical (unpaired) electrons. The molecule has 0 saturated heterocycles. The van der Waals surface area contributed by atoms with Crippen LogP contribution in [0, 0.1) is 5.82 Å². The quantitative estimate of drug-likeness (QED) is 0.712. The Bertz CT molecular complexity index is 705. The number of aliphatic hydroxyl groups excluding tert-OH is 1. The van der Waals surface area contributed by atoms with Gasteiger partial charge in [0.15, 0.2) is 11.5 Å². The Hall–Kier alpha value is -1.53. The second-order valence-electron chi connectivity index (χ2n) is 5.58. The standard InChI is InChI=1S/C18H20Cl2FNO3/c1-11(23)8-22-9-12-6-15(20)18(17(7-12)24-2)25-10-13-14(19)4-3-5-16(13)21/h3-7,11,22-23H,8-10H2,1-2H3. The first-order valence-electron chi connectivity index (χ1n) is 7.73. The summed E-state index contributed by atoms with van der Waals surface area (Å²) in [6.45, 7) is 2.61. The van der Waals surface area contributed by atoms with Crippen molar-refractivity contribution >= 4 is 23.2 Å². The maximum Gasteiger partial charge on any atom is 0.180 e. The van der Waals surface area contributed by atoms with Crippen molar-refractivity contribution in [2.24, 2.45) is 0 Å². The van der Waals surface area contributed by atoms with Crippen molar-refractivity contribution in [3.63, 3.8) is 0 Å². The molecule has 2 N–H and O–H groups in total. The van der Waals surface area contributed by atoms with Crippen LogP contribution in [0.3, 0.4) is 0 Å². The van der Waals surface area contributed by atoms with Crippen LogP contribution in [-0.2, 0) is 13.2 Å². The van der Waals surface area contributed by atoms with Gasteiger partial charge < -0.3 is 19.9 Å². The van der Waals surface area contributed by atoms with Crippen molar-refractivity contribution in [1.82, 2.24) is 5.32 Å². The molecular weight excluding hydrogens is 368 g/mol. The van der Waals surface area contributed by atoms with Gasteiger partial charge in [0.05, 0.1) is 23.3 Å². The molecule has 0 aromatic heterocycles. The van der Waals surface area contributed by atoms with E-state index < -0.39 is 11.9 Å². The lowest BCUT2D eigenvalue weighted by molar-refractivity contribution is 0.191. The van der Waals surface area contributed by atoms with Crippen LogP contribution in [0.1, 0.15) is 18.1 Å². The maximum atomic E-state index is 13.8. The Morgan fingerprint density at radius 2 is 2.00 bits per heavy atom. The third-order valence-corrected chi connectivity index (χ3v) is 4.12. The lowest BCUT2D eigenvalue weighted by Gasteiger charge is -2.15. The predicted octanol–water partition coefficient (Wildman–Crippen LogP) is 4.19. The van der Waals surface area contributed by atoms with Gasteiger partial charge in [-0.2, -0.15) is 0 Å². The number of methoxy groups -OCH3 is 1. The van der Waals surface area contributed by atoms with Crippen LogP contribution < -0.4 is 14.8 Å². The molecule has 0 heterocycles. The van der Waals surface area contributed by atoms with Crippen LogP contribution in [0.25, 0.3) is 0 Å². The highest BCUT2D eigenvalue weighted by atomic mass is 35.5. The van der Waals surface area contributed by atoms with E-state index in [-0.39, 0.29) is 17.2 Å². The molecule has 0 fully saturated rings. The minimum Gasteiger partial charge on any atom is -0.493 e. The lowest BCUT2D eigenvalue weighted by atomic mass is 10.2. The van der Waals surface area contributed by atoms with E-state index in [0.717, 1.165) is 5.56 Å². The highest BCUT2D eigenvalue weighted by molar-refractivity contribution is 6.32. The van der Waals surface area contributed by atoms with Crippen molar-refractivity contribution in [3.05, 3.63) is 57.3 Å². The summed E-state index contributed by atoms with van der Waals surface area (Å²) in [4.78, 5) is 0. The summed E-state index contributed by atoms with van der Waals surface area (Å²) in [6.07, 6.45) is -0.439. The van der Waals surface area contributed by atoms with Gasteiger partial charge in [-0.15, -0.1) is 0 Å². The van der Waals surface area contributed by atoms with Crippen molar-refractivity contribution in [1.29, 1.82) is 0 Å². The van der Waals surface area contributed by atoms with E-state index in [1.165, 1.54) is 19.2 Å². The number of hydrogen-bond acceptors (Lipinski definition) is 4. The minimum absolute atomic E-state index is 0.0682. The molecule has 0 saturated carbocycles. The van der Waals surface area contributed by atoms with Crippen LogP contribution in [0.15, 0.2) is 30.3 Å². The molecule has 4 nitrogen and oxygen atoms in total. The SMILES string of the molecule is COc1cc(CNCC(C)O)cc(Cl)c1OCc1c(F)cccc1Cl. The Labute approximate surface area is 156 Å². The highest BCUT2D eigenvalue weighted by Gasteiger charge is 2.15.